The van der Waals surface area contributed by atoms with E-state index < -0.39 is 17.5 Å². The molecule has 0 spiro atoms. The third-order valence-electron chi connectivity index (χ3n) is 3.38. The van der Waals surface area contributed by atoms with Crippen molar-refractivity contribution in [3.63, 3.8) is 0 Å². The maximum absolute atomic E-state index is 11.2. The summed E-state index contributed by atoms with van der Waals surface area (Å²) in [6, 6.07) is 0. The summed E-state index contributed by atoms with van der Waals surface area (Å²) in [4.78, 5) is 22.3. The predicted molar refractivity (Wildman–Crippen MR) is 79.5 cm³/mol. The van der Waals surface area contributed by atoms with Crippen LogP contribution >= 0.6 is 0 Å². The van der Waals surface area contributed by atoms with Crippen LogP contribution in [0, 0.1) is 5.92 Å². The fourth-order valence-corrected chi connectivity index (χ4v) is 2.15. The van der Waals surface area contributed by atoms with Crippen LogP contribution in [0.25, 0.3) is 0 Å². The first-order valence-electron chi connectivity index (χ1n) is 7.40. The molecule has 0 aliphatic rings. The Morgan fingerprint density at radius 3 is 2.35 bits per heavy atom. The first kappa shape index (κ1) is 18.7. The van der Waals surface area contributed by atoms with E-state index in [0.29, 0.717) is 6.42 Å². The minimum atomic E-state index is -0.698. The van der Waals surface area contributed by atoms with Gasteiger partial charge in [-0.3, -0.25) is 4.79 Å². The molecule has 0 aromatic rings. The number of rotatable bonds is 11. The molecular formula is C16H28O4. The number of hydrogen-bond acceptors (Lipinski definition) is 3. The molecule has 20 heavy (non-hydrogen) atoms. The number of carboxylic acids is 1. The smallest absolute Gasteiger partial charge is 0.330 e. The Bertz CT molecular complexity index is 320. The minimum Gasteiger partial charge on any atom is -0.481 e. The lowest BCUT2D eigenvalue weighted by Crippen LogP contribution is -2.27. The van der Waals surface area contributed by atoms with Gasteiger partial charge in [-0.2, -0.15) is 0 Å². The molecule has 0 saturated carbocycles. The highest BCUT2D eigenvalue weighted by Crippen LogP contribution is 2.22. The van der Waals surface area contributed by atoms with Crippen molar-refractivity contribution in [1.82, 2.24) is 0 Å². The molecule has 0 radical (unpaired) electrons. The van der Waals surface area contributed by atoms with E-state index in [1.807, 2.05) is 13.8 Å². The molecule has 1 N–H and O–H groups in total. The standard InChI is InChI=1S/C16H28O4/c1-5-7-10-13(15(18)19)11-8-9-12-16(3,4)20-14(17)6-2/h6,13H,2,5,7-12H2,1,3-4H3,(H,18,19). The van der Waals surface area contributed by atoms with Crippen molar-refractivity contribution in [2.24, 2.45) is 5.92 Å². The van der Waals surface area contributed by atoms with Crippen LogP contribution in [0.3, 0.4) is 0 Å². The summed E-state index contributed by atoms with van der Waals surface area (Å²) in [5, 5.41) is 9.13. The molecule has 0 aliphatic heterocycles. The van der Waals surface area contributed by atoms with Crippen molar-refractivity contribution in [1.29, 1.82) is 0 Å². The summed E-state index contributed by atoms with van der Waals surface area (Å²) in [5.74, 6) is -1.36. The molecule has 0 aromatic carbocycles. The van der Waals surface area contributed by atoms with Crippen molar-refractivity contribution in [2.75, 3.05) is 0 Å². The Labute approximate surface area is 122 Å². The van der Waals surface area contributed by atoms with Crippen LogP contribution in [-0.2, 0) is 14.3 Å². The average Bonchev–Trinajstić information content (AvgIpc) is 2.36. The van der Waals surface area contributed by atoms with Gasteiger partial charge >= 0.3 is 11.9 Å². The molecule has 116 valence electrons. The quantitative estimate of drug-likeness (QED) is 0.354. The maximum atomic E-state index is 11.2. The molecule has 0 rings (SSSR count). The van der Waals surface area contributed by atoms with Gasteiger partial charge in [0.1, 0.15) is 5.60 Å². The molecule has 0 fully saturated rings. The Kier molecular flexibility index (Phi) is 8.93. The van der Waals surface area contributed by atoms with Gasteiger partial charge in [0, 0.05) is 6.08 Å². The number of carbonyl (C=O) groups excluding carboxylic acids is 1. The number of aliphatic carboxylic acids is 1. The minimum absolute atomic E-state index is 0.242. The molecule has 0 heterocycles. The van der Waals surface area contributed by atoms with Gasteiger partial charge in [-0.1, -0.05) is 32.8 Å². The Balaban J connectivity index is 4.00. The van der Waals surface area contributed by atoms with E-state index in [0.717, 1.165) is 44.6 Å². The van der Waals surface area contributed by atoms with Crippen molar-refractivity contribution in [2.45, 2.75) is 71.3 Å². The van der Waals surface area contributed by atoms with Crippen LogP contribution in [-0.4, -0.2) is 22.6 Å². The largest absolute Gasteiger partial charge is 0.481 e. The molecule has 4 heteroatoms. The fourth-order valence-electron chi connectivity index (χ4n) is 2.15. The van der Waals surface area contributed by atoms with Gasteiger partial charge in [-0.25, -0.2) is 4.79 Å². The first-order valence-corrected chi connectivity index (χ1v) is 7.40. The van der Waals surface area contributed by atoms with Crippen molar-refractivity contribution < 1.29 is 19.4 Å². The van der Waals surface area contributed by atoms with E-state index in [4.69, 9.17) is 9.84 Å². The van der Waals surface area contributed by atoms with E-state index in [1.54, 1.807) is 0 Å². The second kappa shape index (κ2) is 9.56. The summed E-state index contributed by atoms with van der Waals surface area (Å²) in [5.41, 5.74) is -0.520. The number of carboxylic acid groups (broad SMARTS) is 1. The average molecular weight is 284 g/mol. The lowest BCUT2D eigenvalue weighted by Gasteiger charge is -2.24. The molecule has 0 aromatic heterocycles. The molecule has 0 bridgehead atoms. The Hall–Kier alpha value is -1.32. The van der Waals surface area contributed by atoms with Crippen LogP contribution in [0.15, 0.2) is 12.7 Å². The Morgan fingerprint density at radius 2 is 1.85 bits per heavy atom. The summed E-state index contributed by atoms with van der Waals surface area (Å²) >= 11 is 0. The second-order valence-electron chi connectivity index (χ2n) is 5.81. The van der Waals surface area contributed by atoms with E-state index in [9.17, 15) is 9.59 Å². The lowest BCUT2D eigenvalue weighted by atomic mass is 9.93. The van der Waals surface area contributed by atoms with E-state index in [1.165, 1.54) is 0 Å². The number of ether oxygens (including phenoxy) is 1. The van der Waals surface area contributed by atoms with Gasteiger partial charge in [-0.15, -0.1) is 0 Å². The van der Waals surface area contributed by atoms with Crippen LogP contribution in [0.5, 0.6) is 0 Å². The third kappa shape index (κ3) is 8.73. The number of hydrogen-bond donors (Lipinski definition) is 1. The van der Waals surface area contributed by atoms with Gasteiger partial charge in [0.25, 0.3) is 0 Å². The highest BCUT2D eigenvalue weighted by molar-refractivity contribution is 5.81. The van der Waals surface area contributed by atoms with Gasteiger partial charge in [0.15, 0.2) is 0 Å². The SMILES string of the molecule is C=CC(=O)OC(C)(C)CCCCC(CCCC)C(=O)O. The summed E-state index contributed by atoms with van der Waals surface area (Å²) in [6.07, 6.45) is 7.01. The monoisotopic (exact) mass is 284 g/mol. The van der Waals surface area contributed by atoms with E-state index in [2.05, 4.69) is 13.5 Å². The Morgan fingerprint density at radius 1 is 1.25 bits per heavy atom. The maximum Gasteiger partial charge on any atom is 0.330 e. The van der Waals surface area contributed by atoms with Crippen molar-refractivity contribution in [3.8, 4) is 0 Å². The van der Waals surface area contributed by atoms with Gasteiger partial charge in [-0.05, 0) is 39.5 Å². The van der Waals surface area contributed by atoms with Crippen molar-refractivity contribution in [3.05, 3.63) is 12.7 Å². The fraction of sp³-hybridized carbons (Fsp3) is 0.750. The highest BCUT2D eigenvalue weighted by Gasteiger charge is 2.22. The summed E-state index contributed by atoms with van der Waals surface area (Å²) in [7, 11) is 0. The van der Waals surface area contributed by atoms with Gasteiger partial charge in [0.2, 0.25) is 0 Å². The molecular weight excluding hydrogens is 256 g/mol. The first-order chi connectivity index (χ1) is 9.32. The zero-order valence-electron chi connectivity index (χ0n) is 13.0. The van der Waals surface area contributed by atoms with Crippen LogP contribution in [0.1, 0.15) is 65.7 Å². The van der Waals surface area contributed by atoms with Crippen LogP contribution in [0.2, 0.25) is 0 Å². The topological polar surface area (TPSA) is 63.6 Å². The number of unbranched alkanes of at least 4 members (excludes halogenated alkanes) is 2. The molecule has 4 nitrogen and oxygen atoms in total. The zero-order chi connectivity index (χ0) is 15.6. The van der Waals surface area contributed by atoms with E-state index >= 15 is 0 Å². The molecule has 0 aliphatic carbocycles. The highest BCUT2D eigenvalue weighted by atomic mass is 16.6. The number of carbonyl (C=O) groups is 2. The lowest BCUT2D eigenvalue weighted by molar-refractivity contribution is -0.150. The van der Waals surface area contributed by atoms with Gasteiger partial charge in [0.05, 0.1) is 5.92 Å². The summed E-state index contributed by atoms with van der Waals surface area (Å²) < 4.78 is 5.23. The molecule has 1 unspecified atom stereocenters. The second-order valence-corrected chi connectivity index (χ2v) is 5.81. The normalized spacial score (nSPS) is 12.8. The summed E-state index contributed by atoms with van der Waals surface area (Å²) in [6.45, 7) is 9.16. The predicted octanol–water partition coefficient (Wildman–Crippen LogP) is 3.95. The van der Waals surface area contributed by atoms with Crippen LogP contribution in [0.4, 0.5) is 0 Å². The number of esters is 1. The zero-order valence-corrected chi connectivity index (χ0v) is 13.0. The molecule has 1 atom stereocenters. The molecule has 0 saturated heterocycles. The van der Waals surface area contributed by atoms with Gasteiger partial charge < -0.3 is 9.84 Å². The van der Waals surface area contributed by atoms with Crippen LogP contribution < -0.4 is 0 Å². The molecule has 0 amide bonds. The van der Waals surface area contributed by atoms with E-state index in [-0.39, 0.29) is 5.92 Å². The van der Waals surface area contributed by atoms with Crippen molar-refractivity contribution >= 4 is 11.9 Å². The third-order valence-corrected chi connectivity index (χ3v) is 3.38.